The number of rotatable bonds is 4. The number of piperidine rings is 1. The van der Waals surface area contributed by atoms with Crippen molar-refractivity contribution in [1.82, 2.24) is 10.2 Å². The van der Waals surface area contributed by atoms with Crippen molar-refractivity contribution >= 4 is 22.0 Å². The predicted molar refractivity (Wildman–Crippen MR) is 96.7 cm³/mol. The van der Waals surface area contributed by atoms with Gasteiger partial charge in [-0.15, -0.1) is 0 Å². The van der Waals surface area contributed by atoms with Crippen molar-refractivity contribution in [2.45, 2.75) is 51.7 Å². The van der Waals surface area contributed by atoms with Gasteiger partial charge in [0.25, 0.3) is 0 Å². The van der Waals surface area contributed by atoms with Crippen molar-refractivity contribution in [2.75, 3.05) is 19.6 Å². The van der Waals surface area contributed by atoms with E-state index < -0.39 is 5.60 Å². The molecule has 1 saturated heterocycles. The van der Waals surface area contributed by atoms with Crippen LogP contribution < -0.4 is 5.32 Å². The third-order valence-corrected chi connectivity index (χ3v) is 4.30. The Morgan fingerprint density at radius 2 is 2.22 bits per heavy atom. The Labute approximate surface area is 147 Å². The molecule has 1 aromatic rings. The maximum absolute atomic E-state index is 12.2. The molecule has 2 rings (SSSR count). The van der Waals surface area contributed by atoms with Gasteiger partial charge in [-0.3, -0.25) is 0 Å². The van der Waals surface area contributed by atoms with Crippen molar-refractivity contribution in [3.05, 3.63) is 34.3 Å². The zero-order valence-corrected chi connectivity index (χ0v) is 15.9. The second-order valence-electron chi connectivity index (χ2n) is 7.10. The van der Waals surface area contributed by atoms with E-state index in [2.05, 4.69) is 39.4 Å². The molecule has 0 bridgehead atoms. The smallest absolute Gasteiger partial charge is 0.410 e. The van der Waals surface area contributed by atoms with E-state index >= 15 is 0 Å². The molecule has 5 heteroatoms. The van der Waals surface area contributed by atoms with Gasteiger partial charge in [0.05, 0.1) is 0 Å². The lowest BCUT2D eigenvalue weighted by Crippen LogP contribution is -2.49. The summed E-state index contributed by atoms with van der Waals surface area (Å²) in [4.78, 5) is 14.0. The maximum atomic E-state index is 12.2. The van der Waals surface area contributed by atoms with Crippen LogP contribution in [0.5, 0.6) is 0 Å². The Morgan fingerprint density at radius 1 is 1.43 bits per heavy atom. The second-order valence-corrected chi connectivity index (χ2v) is 8.02. The van der Waals surface area contributed by atoms with Crippen LogP contribution in [-0.2, 0) is 11.2 Å². The molecule has 1 aromatic carbocycles. The maximum Gasteiger partial charge on any atom is 0.410 e. The first-order valence-corrected chi connectivity index (χ1v) is 9.08. The van der Waals surface area contributed by atoms with Gasteiger partial charge >= 0.3 is 6.09 Å². The Morgan fingerprint density at radius 3 is 2.91 bits per heavy atom. The number of likely N-dealkylation sites (tertiary alicyclic amines) is 1. The number of carbonyl (C=O) groups is 1. The summed E-state index contributed by atoms with van der Waals surface area (Å²) in [6, 6.07) is 8.74. The molecule has 0 aromatic heterocycles. The van der Waals surface area contributed by atoms with E-state index in [1.807, 2.05) is 31.7 Å². The molecule has 0 aliphatic carbocycles. The average Bonchev–Trinajstić information content (AvgIpc) is 2.46. The van der Waals surface area contributed by atoms with Crippen LogP contribution in [0.1, 0.15) is 39.2 Å². The molecule has 0 radical (unpaired) electrons. The molecule has 1 aliphatic rings. The van der Waals surface area contributed by atoms with Crippen LogP contribution in [0, 0.1) is 0 Å². The Kier molecular flexibility index (Phi) is 6.48. The lowest BCUT2D eigenvalue weighted by Gasteiger charge is -2.34. The first-order chi connectivity index (χ1) is 10.8. The highest BCUT2D eigenvalue weighted by Crippen LogP contribution is 2.16. The minimum Gasteiger partial charge on any atom is -0.444 e. The lowest BCUT2D eigenvalue weighted by molar-refractivity contribution is 0.0188. The number of nitrogens with zero attached hydrogens (tertiary/aromatic N) is 1. The summed E-state index contributed by atoms with van der Waals surface area (Å²) in [7, 11) is 0. The molecule has 1 unspecified atom stereocenters. The van der Waals surface area contributed by atoms with E-state index in [1.54, 1.807) is 0 Å². The predicted octanol–water partition coefficient (Wildman–Crippen LogP) is 3.98. The number of amides is 1. The third kappa shape index (κ3) is 6.51. The average molecular weight is 383 g/mol. The molecule has 4 nitrogen and oxygen atoms in total. The standard InChI is InChI=1S/C18H27BrN2O2/c1-18(2,3)23-17(22)21-11-5-8-16(13-21)20-10-9-14-6-4-7-15(19)12-14/h4,6-7,12,16,20H,5,8-11,13H2,1-3H3. The molecule has 1 N–H and O–H groups in total. The SMILES string of the molecule is CC(C)(C)OC(=O)N1CCCC(NCCc2cccc(Br)c2)C1. The lowest BCUT2D eigenvalue weighted by atomic mass is 10.1. The molecule has 0 spiro atoms. The Balaban J connectivity index is 1.76. The van der Waals surface area contributed by atoms with Crippen LogP contribution in [0.2, 0.25) is 0 Å². The molecular formula is C18H27BrN2O2. The Bertz CT molecular complexity index is 528. The van der Waals surface area contributed by atoms with Gasteiger partial charge in [-0.25, -0.2) is 4.79 Å². The molecule has 1 heterocycles. The van der Waals surface area contributed by atoms with Crippen LogP contribution in [0.4, 0.5) is 4.79 Å². The van der Waals surface area contributed by atoms with Crippen molar-refractivity contribution < 1.29 is 9.53 Å². The van der Waals surface area contributed by atoms with Gasteiger partial charge in [-0.1, -0.05) is 28.1 Å². The van der Waals surface area contributed by atoms with Crippen LogP contribution >= 0.6 is 15.9 Å². The molecule has 1 aliphatic heterocycles. The summed E-state index contributed by atoms with van der Waals surface area (Å²) >= 11 is 3.50. The first-order valence-electron chi connectivity index (χ1n) is 8.29. The topological polar surface area (TPSA) is 41.6 Å². The summed E-state index contributed by atoms with van der Waals surface area (Å²) < 4.78 is 6.58. The van der Waals surface area contributed by atoms with E-state index in [1.165, 1.54) is 5.56 Å². The van der Waals surface area contributed by atoms with E-state index in [0.717, 1.165) is 43.4 Å². The van der Waals surface area contributed by atoms with Gasteiger partial charge in [-0.2, -0.15) is 0 Å². The zero-order chi connectivity index (χ0) is 16.9. The van der Waals surface area contributed by atoms with Crippen molar-refractivity contribution in [1.29, 1.82) is 0 Å². The summed E-state index contributed by atoms with van der Waals surface area (Å²) in [5.41, 5.74) is 0.879. The van der Waals surface area contributed by atoms with Gasteiger partial charge in [0.2, 0.25) is 0 Å². The molecule has 1 atom stereocenters. The largest absolute Gasteiger partial charge is 0.444 e. The quantitative estimate of drug-likeness (QED) is 0.855. The monoisotopic (exact) mass is 382 g/mol. The number of ether oxygens (including phenoxy) is 1. The highest BCUT2D eigenvalue weighted by Gasteiger charge is 2.27. The number of hydrogen-bond acceptors (Lipinski definition) is 3. The van der Waals surface area contributed by atoms with Crippen molar-refractivity contribution in [3.63, 3.8) is 0 Å². The minimum absolute atomic E-state index is 0.198. The summed E-state index contributed by atoms with van der Waals surface area (Å²) in [5.74, 6) is 0. The van der Waals surface area contributed by atoms with E-state index in [0.29, 0.717) is 6.04 Å². The van der Waals surface area contributed by atoms with Gasteiger partial charge in [-0.05, 0) is 64.3 Å². The number of nitrogens with one attached hydrogen (secondary N) is 1. The highest BCUT2D eigenvalue weighted by atomic mass is 79.9. The van der Waals surface area contributed by atoms with Crippen LogP contribution in [-0.4, -0.2) is 42.3 Å². The fourth-order valence-electron chi connectivity index (χ4n) is 2.75. The molecule has 1 fully saturated rings. The normalized spacial score (nSPS) is 18.8. The van der Waals surface area contributed by atoms with Gasteiger partial charge < -0.3 is 15.0 Å². The van der Waals surface area contributed by atoms with Gasteiger partial charge in [0.15, 0.2) is 0 Å². The zero-order valence-electron chi connectivity index (χ0n) is 14.3. The van der Waals surface area contributed by atoms with Crippen LogP contribution in [0.15, 0.2) is 28.7 Å². The molecule has 23 heavy (non-hydrogen) atoms. The van der Waals surface area contributed by atoms with Crippen LogP contribution in [0.25, 0.3) is 0 Å². The molecule has 128 valence electrons. The molecule has 1 amide bonds. The fourth-order valence-corrected chi connectivity index (χ4v) is 3.20. The molecule has 0 saturated carbocycles. The van der Waals surface area contributed by atoms with Crippen molar-refractivity contribution in [2.24, 2.45) is 0 Å². The van der Waals surface area contributed by atoms with Crippen LogP contribution in [0.3, 0.4) is 0 Å². The van der Waals surface area contributed by atoms with Gasteiger partial charge in [0, 0.05) is 23.6 Å². The summed E-state index contributed by atoms with van der Waals surface area (Å²) in [5, 5.41) is 3.57. The summed E-state index contributed by atoms with van der Waals surface area (Å²) in [6.07, 6.45) is 2.92. The van der Waals surface area contributed by atoms with E-state index in [-0.39, 0.29) is 6.09 Å². The molecular weight excluding hydrogens is 356 g/mol. The number of benzene rings is 1. The second kappa shape index (κ2) is 8.15. The Hall–Kier alpha value is -1.07. The number of carbonyl (C=O) groups excluding carboxylic acids is 1. The third-order valence-electron chi connectivity index (χ3n) is 3.81. The number of hydrogen-bond donors (Lipinski definition) is 1. The number of halogens is 1. The minimum atomic E-state index is -0.432. The van der Waals surface area contributed by atoms with E-state index in [9.17, 15) is 4.79 Å². The highest BCUT2D eigenvalue weighted by molar-refractivity contribution is 9.10. The van der Waals surface area contributed by atoms with Crippen molar-refractivity contribution in [3.8, 4) is 0 Å². The summed E-state index contributed by atoms with van der Waals surface area (Å²) in [6.45, 7) is 8.16. The van der Waals surface area contributed by atoms with E-state index in [4.69, 9.17) is 4.74 Å². The first kappa shape index (κ1) is 18.3. The fraction of sp³-hybridized carbons (Fsp3) is 0.611. The van der Waals surface area contributed by atoms with Gasteiger partial charge in [0.1, 0.15) is 5.60 Å².